The van der Waals surface area contributed by atoms with Crippen LogP contribution in [-0.4, -0.2) is 55.1 Å². The van der Waals surface area contributed by atoms with E-state index in [0.29, 0.717) is 40.3 Å². The Bertz CT molecular complexity index is 1450. The summed E-state index contributed by atoms with van der Waals surface area (Å²) in [5.41, 5.74) is 3.48. The number of halogens is 2. The Hall–Kier alpha value is -3.76. The highest BCUT2D eigenvalue weighted by atomic mass is 35.5. The maximum absolute atomic E-state index is 14.1. The van der Waals surface area contributed by atoms with Gasteiger partial charge in [-0.25, -0.2) is 19.3 Å². The first kappa shape index (κ1) is 25.9. The maximum atomic E-state index is 14.1. The van der Waals surface area contributed by atoms with E-state index in [1.807, 2.05) is 23.7 Å². The predicted octanol–water partition coefficient (Wildman–Crippen LogP) is 4.61. The second kappa shape index (κ2) is 11.3. The van der Waals surface area contributed by atoms with Crippen molar-refractivity contribution in [2.24, 2.45) is 7.05 Å². The van der Waals surface area contributed by atoms with Crippen molar-refractivity contribution < 1.29 is 19.0 Å². The fourth-order valence-electron chi connectivity index (χ4n) is 4.75. The largest absolute Gasteiger partial charge is 0.480 e. The summed E-state index contributed by atoms with van der Waals surface area (Å²) in [5, 5.41) is 12.3. The van der Waals surface area contributed by atoms with Crippen LogP contribution in [0.5, 0.6) is 5.88 Å². The van der Waals surface area contributed by atoms with Gasteiger partial charge in [-0.1, -0.05) is 23.7 Å². The highest BCUT2D eigenvalue weighted by molar-refractivity contribution is 6.30. The molecule has 2 N–H and O–H groups in total. The molecule has 198 valence electrons. The third-order valence-electron chi connectivity index (χ3n) is 6.80. The number of aromatic nitrogens is 4. The number of carbonyl (C=O) groups is 1. The fourth-order valence-corrected chi connectivity index (χ4v) is 4.91. The van der Waals surface area contributed by atoms with Gasteiger partial charge in [-0.15, -0.1) is 0 Å². The SMILES string of the molecule is Cn1c(CN2CCC(c3cccc(OCc4ccc(Cl)cc4F)n3)CC2)nc2nccc(NCC(=O)O)c21. The molecule has 5 rings (SSSR count). The molecule has 4 aromatic rings. The number of benzene rings is 1. The lowest BCUT2D eigenvalue weighted by Crippen LogP contribution is -2.33. The zero-order chi connectivity index (χ0) is 26.6. The molecule has 1 aliphatic heterocycles. The van der Waals surface area contributed by atoms with Crippen molar-refractivity contribution in [1.29, 1.82) is 0 Å². The van der Waals surface area contributed by atoms with Gasteiger partial charge in [-0.3, -0.25) is 9.69 Å². The summed E-state index contributed by atoms with van der Waals surface area (Å²) in [6.45, 7) is 2.34. The summed E-state index contributed by atoms with van der Waals surface area (Å²) in [6, 6.07) is 12.0. The van der Waals surface area contributed by atoms with Crippen molar-refractivity contribution in [1.82, 2.24) is 24.4 Å². The topological polar surface area (TPSA) is 105 Å². The van der Waals surface area contributed by atoms with Gasteiger partial charge in [0.15, 0.2) is 5.65 Å². The Labute approximate surface area is 224 Å². The first-order valence-electron chi connectivity index (χ1n) is 12.4. The normalized spacial score (nSPS) is 14.6. The molecule has 0 bridgehead atoms. The van der Waals surface area contributed by atoms with Crippen LogP contribution in [0.3, 0.4) is 0 Å². The third-order valence-corrected chi connectivity index (χ3v) is 7.03. The Morgan fingerprint density at radius 1 is 1.21 bits per heavy atom. The number of hydrogen-bond acceptors (Lipinski definition) is 7. The van der Waals surface area contributed by atoms with E-state index in [1.54, 1.807) is 30.5 Å². The number of piperidine rings is 1. The van der Waals surface area contributed by atoms with Crippen molar-refractivity contribution in [2.45, 2.75) is 31.9 Å². The average Bonchev–Trinajstić information content (AvgIpc) is 3.23. The summed E-state index contributed by atoms with van der Waals surface area (Å²) in [4.78, 5) is 27.1. The van der Waals surface area contributed by atoms with Crippen LogP contribution in [-0.2, 0) is 25.0 Å². The van der Waals surface area contributed by atoms with Crippen molar-refractivity contribution in [3.05, 3.63) is 76.6 Å². The number of pyridine rings is 2. The van der Waals surface area contributed by atoms with E-state index in [2.05, 4.69) is 20.2 Å². The maximum Gasteiger partial charge on any atom is 0.322 e. The van der Waals surface area contributed by atoms with Gasteiger partial charge >= 0.3 is 5.97 Å². The fraction of sp³-hybridized carbons (Fsp3) is 0.333. The molecule has 9 nitrogen and oxygen atoms in total. The highest BCUT2D eigenvalue weighted by Gasteiger charge is 2.24. The van der Waals surface area contributed by atoms with Crippen molar-refractivity contribution in [3.63, 3.8) is 0 Å². The zero-order valence-electron chi connectivity index (χ0n) is 20.9. The monoisotopic (exact) mass is 538 g/mol. The predicted molar refractivity (Wildman–Crippen MR) is 142 cm³/mol. The van der Waals surface area contributed by atoms with Crippen LogP contribution in [0.15, 0.2) is 48.7 Å². The molecule has 1 fully saturated rings. The Balaban J connectivity index is 1.19. The quantitative estimate of drug-likeness (QED) is 0.318. The standard InChI is InChI=1S/C27H28ClFN6O3/c1-34-23(33-27-26(34)22(7-10-30-27)31-14-25(36)37)15-35-11-8-17(9-12-35)21-3-2-4-24(32-21)38-16-18-5-6-19(28)13-20(18)29/h2-7,10,13,17H,8-9,11-12,14-16H2,1H3,(H,30,31)(H,36,37). The number of nitrogens with zero attached hydrogens (tertiary/aromatic N) is 5. The van der Waals surface area contributed by atoms with Crippen LogP contribution in [0.25, 0.3) is 11.2 Å². The van der Waals surface area contributed by atoms with Gasteiger partial charge in [0.1, 0.15) is 30.3 Å². The smallest absolute Gasteiger partial charge is 0.322 e. The van der Waals surface area contributed by atoms with Gasteiger partial charge in [0.05, 0.1) is 12.2 Å². The van der Waals surface area contributed by atoms with E-state index >= 15 is 0 Å². The summed E-state index contributed by atoms with van der Waals surface area (Å²) >= 11 is 5.83. The van der Waals surface area contributed by atoms with Crippen LogP contribution in [0.2, 0.25) is 5.02 Å². The number of ether oxygens (including phenoxy) is 1. The molecule has 1 aliphatic rings. The number of anilines is 1. The molecule has 38 heavy (non-hydrogen) atoms. The van der Waals surface area contributed by atoms with E-state index < -0.39 is 11.8 Å². The molecule has 4 heterocycles. The molecule has 0 spiro atoms. The molecule has 0 unspecified atom stereocenters. The van der Waals surface area contributed by atoms with Gasteiger partial charge in [0.2, 0.25) is 5.88 Å². The zero-order valence-corrected chi connectivity index (χ0v) is 21.7. The molecule has 0 atom stereocenters. The molecule has 0 saturated carbocycles. The van der Waals surface area contributed by atoms with Crippen LogP contribution in [0.4, 0.5) is 10.1 Å². The number of fused-ring (bicyclic) bond motifs is 1. The van der Waals surface area contributed by atoms with E-state index in [0.717, 1.165) is 43.0 Å². The van der Waals surface area contributed by atoms with Gasteiger partial charge in [0.25, 0.3) is 0 Å². The van der Waals surface area contributed by atoms with Gasteiger partial charge in [-0.05, 0) is 50.2 Å². The molecule has 0 amide bonds. The molecular weight excluding hydrogens is 511 g/mol. The minimum Gasteiger partial charge on any atom is -0.480 e. The Kier molecular flexibility index (Phi) is 7.71. The number of rotatable bonds is 9. The van der Waals surface area contributed by atoms with E-state index in [9.17, 15) is 9.18 Å². The molecule has 3 aromatic heterocycles. The number of imidazole rings is 1. The number of nitrogens with one attached hydrogen (secondary N) is 1. The van der Waals surface area contributed by atoms with E-state index in [4.69, 9.17) is 26.4 Å². The van der Waals surface area contributed by atoms with E-state index in [1.165, 1.54) is 6.07 Å². The summed E-state index contributed by atoms with van der Waals surface area (Å²) in [6.07, 6.45) is 3.51. The van der Waals surface area contributed by atoms with Gasteiger partial charge < -0.3 is 19.7 Å². The lowest BCUT2D eigenvalue weighted by molar-refractivity contribution is -0.134. The number of aliphatic carboxylic acids is 1. The lowest BCUT2D eigenvalue weighted by Gasteiger charge is -2.31. The molecule has 0 radical (unpaired) electrons. The van der Waals surface area contributed by atoms with Crippen LogP contribution >= 0.6 is 11.6 Å². The highest BCUT2D eigenvalue weighted by Crippen LogP contribution is 2.29. The first-order chi connectivity index (χ1) is 18.4. The van der Waals surface area contributed by atoms with Crippen molar-refractivity contribution in [2.75, 3.05) is 25.0 Å². The van der Waals surface area contributed by atoms with Crippen LogP contribution < -0.4 is 10.1 Å². The second-order valence-corrected chi connectivity index (χ2v) is 9.78. The minimum absolute atomic E-state index is 0.0817. The Morgan fingerprint density at radius 2 is 2.03 bits per heavy atom. The number of hydrogen-bond donors (Lipinski definition) is 2. The van der Waals surface area contributed by atoms with Crippen LogP contribution in [0, 0.1) is 5.82 Å². The third kappa shape index (κ3) is 5.87. The van der Waals surface area contributed by atoms with Gasteiger partial charge in [0, 0.05) is 41.5 Å². The summed E-state index contributed by atoms with van der Waals surface area (Å²) in [7, 11) is 1.93. The number of aryl methyl sites for hydroxylation is 1. The molecule has 1 saturated heterocycles. The molecule has 11 heteroatoms. The van der Waals surface area contributed by atoms with Crippen LogP contribution in [0.1, 0.15) is 35.8 Å². The second-order valence-electron chi connectivity index (χ2n) is 9.34. The Morgan fingerprint density at radius 3 is 2.79 bits per heavy atom. The first-order valence-corrected chi connectivity index (χ1v) is 12.8. The molecule has 0 aliphatic carbocycles. The molecule has 1 aromatic carbocycles. The number of carboxylic acids is 1. The summed E-state index contributed by atoms with van der Waals surface area (Å²) in [5.74, 6) is 0.320. The van der Waals surface area contributed by atoms with E-state index in [-0.39, 0.29) is 13.2 Å². The van der Waals surface area contributed by atoms with Gasteiger partial charge in [-0.2, -0.15) is 0 Å². The number of likely N-dealkylation sites (tertiary alicyclic amines) is 1. The minimum atomic E-state index is -0.928. The number of carboxylic acid groups (broad SMARTS) is 1. The average molecular weight is 539 g/mol. The van der Waals surface area contributed by atoms with Crippen molar-refractivity contribution in [3.8, 4) is 5.88 Å². The molecular formula is C27H28ClFN6O3. The lowest BCUT2D eigenvalue weighted by atomic mass is 9.93. The van der Waals surface area contributed by atoms with Crippen molar-refractivity contribution >= 4 is 34.4 Å². The summed E-state index contributed by atoms with van der Waals surface area (Å²) < 4.78 is 21.8.